The van der Waals surface area contributed by atoms with Crippen molar-refractivity contribution in [3.63, 3.8) is 0 Å². The molecule has 4 heteroatoms. The normalized spacial score (nSPS) is 11.7. The van der Waals surface area contributed by atoms with Crippen molar-refractivity contribution >= 4 is 11.9 Å². The molecular formula is C11H17NO3. The average molecular weight is 211 g/mol. The van der Waals surface area contributed by atoms with Crippen molar-refractivity contribution in [2.45, 2.75) is 39.7 Å². The second-order valence-corrected chi connectivity index (χ2v) is 4.68. The van der Waals surface area contributed by atoms with Crippen LogP contribution < -0.4 is 5.32 Å². The van der Waals surface area contributed by atoms with E-state index in [4.69, 9.17) is 11.5 Å². The minimum Gasteiger partial charge on any atom is -0.481 e. The van der Waals surface area contributed by atoms with Gasteiger partial charge in [0.15, 0.2) is 0 Å². The number of terminal acetylenes is 1. The summed E-state index contributed by atoms with van der Waals surface area (Å²) >= 11 is 0. The van der Waals surface area contributed by atoms with Gasteiger partial charge in [-0.1, -0.05) is 5.92 Å². The van der Waals surface area contributed by atoms with Gasteiger partial charge >= 0.3 is 5.97 Å². The molecule has 0 aliphatic carbocycles. The average Bonchev–Trinajstić information content (AvgIpc) is 2.01. The van der Waals surface area contributed by atoms with E-state index in [1.54, 1.807) is 13.8 Å². The molecule has 4 nitrogen and oxygen atoms in total. The summed E-state index contributed by atoms with van der Waals surface area (Å²) in [5.74, 6) is 1.05. The lowest BCUT2D eigenvalue weighted by atomic mass is 9.89. The summed E-state index contributed by atoms with van der Waals surface area (Å²) < 4.78 is 0. The summed E-state index contributed by atoms with van der Waals surface area (Å²) in [6, 6.07) is 0. The van der Waals surface area contributed by atoms with Crippen LogP contribution in [0, 0.1) is 17.8 Å². The molecule has 0 atom stereocenters. The van der Waals surface area contributed by atoms with Gasteiger partial charge in [0.2, 0.25) is 5.91 Å². The number of amides is 1. The van der Waals surface area contributed by atoms with Crippen molar-refractivity contribution in [1.29, 1.82) is 0 Å². The van der Waals surface area contributed by atoms with Gasteiger partial charge in [-0.3, -0.25) is 9.59 Å². The van der Waals surface area contributed by atoms with Crippen molar-refractivity contribution in [3.05, 3.63) is 0 Å². The molecule has 0 saturated carbocycles. The van der Waals surface area contributed by atoms with E-state index in [-0.39, 0.29) is 12.3 Å². The molecule has 0 fully saturated rings. The van der Waals surface area contributed by atoms with Crippen LogP contribution in [0.3, 0.4) is 0 Å². The van der Waals surface area contributed by atoms with Gasteiger partial charge in [-0.2, -0.15) is 0 Å². The summed E-state index contributed by atoms with van der Waals surface area (Å²) in [6.45, 7) is 6.35. The van der Waals surface area contributed by atoms with Gasteiger partial charge in [0.1, 0.15) is 0 Å². The molecule has 0 aliphatic rings. The van der Waals surface area contributed by atoms with Crippen LogP contribution in [0.5, 0.6) is 0 Å². The Bertz CT molecular complexity index is 310. The first-order chi connectivity index (χ1) is 6.60. The van der Waals surface area contributed by atoms with Crippen LogP contribution in [0.4, 0.5) is 0 Å². The predicted octanol–water partition coefficient (Wildman–Crippen LogP) is 1.02. The SMILES string of the molecule is C#CC(C)(C)NC(=O)CC(C)(C)C(=O)O. The maximum atomic E-state index is 11.5. The largest absolute Gasteiger partial charge is 0.481 e. The number of rotatable bonds is 4. The van der Waals surface area contributed by atoms with Crippen LogP contribution in [0.25, 0.3) is 0 Å². The minimum absolute atomic E-state index is 0.0898. The lowest BCUT2D eigenvalue weighted by Gasteiger charge is -2.23. The first-order valence-electron chi connectivity index (χ1n) is 4.63. The quantitative estimate of drug-likeness (QED) is 0.682. The molecule has 0 aromatic heterocycles. The van der Waals surface area contributed by atoms with E-state index >= 15 is 0 Å². The Kier molecular flexibility index (Phi) is 3.91. The fraction of sp³-hybridized carbons (Fsp3) is 0.636. The zero-order valence-corrected chi connectivity index (χ0v) is 9.55. The number of carboxylic acid groups (broad SMARTS) is 1. The maximum absolute atomic E-state index is 11.5. The third-order valence-electron chi connectivity index (χ3n) is 1.99. The van der Waals surface area contributed by atoms with E-state index in [1.165, 1.54) is 13.8 Å². The number of carbonyl (C=O) groups is 2. The molecule has 0 heterocycles. The second kappa shape index (κ2) is 4.35. The summed E-state index contributed by atoms with van der Waals surface area (Å²) in [7, 11) is 0. The van der Waals surface area contributed by atoms with Crippen molar-refractivity contribution < 1.29 is 14.7 Å². The predicted molar refractivity (Wildman–Crippen MR) is 57.1 cm³/mol. The van der Waals surface area contributed by atoms with Crippen LogP contribution in [0.15, 0.2) is 0 Å². The highest BCUT2D eigenvalue weighted by Gasteiger charge is 2.31. The summed E-state index contributed by atoms with van der Waals surface area (Å²) in [5, 5.41) is 11.4. The highest BCUT2D eigenvalue weighted by Crippen LogP contribution is 2.20. The van der Waals surface area contributed by atoms with Crippen molar-refractivity contribution in [2.75, 3.05) is 0 Å². The monoisotopic (exact) mass is 211 g/mol. The van der Waals surface area contributed by atoms with E-state index in [9.17, 15) is 9.59 Å². The molecule has 1 amide bonds. The molecule has 2 N–H and O–H groups in total. The molecule has 0 aromatic carbocycles. The summed E-state index contributed by atoms with van der Waals surface area (Å²) in [4.78, 5) is 22.2. The van der Waals surface area contributed by atoms with E-state index in [1.807, 2.05) is 0 Å². The zero-order chi connectivity index (χ0) is 12.3. The number of nitrogens with one attached hydrogen (secondary N) is 1. The number of carboxylic acids is 1. The Morgan fingerprint density at radius 1 is 1.33 bits per heavy atom. The number of hydrogen-bond acceptors (Lipinski definition) is 2. The molecule has 0 radical (unpaired) electrons. The molecule has 0 bridgehead atoms. The third-order valence-corrected chi connectivity index (χ3v) is 1.99. The number of aliphatic carboxylic acids is 1. The van der Waals surface area contributed by atoms with Gasteiger partial charge in [0, 0.05) is 6.42 Å². The molecular weight excluding hydrogens is 194 g/mol. The van der Waals surface area contributed by atoms with Gasteiger partial charge in [-0.25, -0.2) is 0 Å². The van der Waals surface area contributed by atoms with Crippen LogP contribution in [0.1, 0.15) is 34.1 Å². The Morgan fingerprint density at radius 2 is 1.80 bits per heavy atom. The zero-order valence-electron chi connectivity index (χ0n) is 9.55. The summed E-state index contributed by atoms with van der Waals surface area (Å²) in [5.41, 5.74) is -1.82. The molecule has 84 valence electrons. The Balaban J connectivity index is 4.42. The maximum Gasteiger partial charge on any atom is 0.309 e. The first-order valence-corrected chi connectivity index (χ1v) is 4.63. The van der Waals surface area contributed by atoms with E-state index in [0.29, 0.717) is 0 Å². The third kappa shape index (κ3) is 4.50. The number of carbonyl (C=O) groups excluding carboxylic acids is 1. The van der Waals surface area contributed by atoms with Crippen molar-refractivity contribution in [2.24, 2.45) is 5.41 Å². The molecule has 0 rings (SSSR count). The van der Waals surface area contributed by atoms with Gasteiger partial charge in [0.05, 0.1) is 11.0 Å². The molecule has 0 unspecified atom stereocenters. The van der Waals surface area contributed by atoms with Gasteiger partial charge in [-0.15, -0.1) is 6.42 Å². The highest BCUT2D eigenvalue weighted by atomic mass is 16.4. The smallest absolute Gasteiger partial charge is 0.309 e. The minimum atomic E-state index is -1.07. The summed E-state index contributed by atoms with van der Waals surface area (Å²) in [6.07, 6.45) is 5.11. The van der Waals surface area contributed by atoms with E-state index < -0.39 is 16.9 Å². The van der Waals surface area contributed by atoms with E-state index in [0.717, 1.165) is 0 Å². The first kappa shape index (κ1) is 13.5. The highest BCUT2D eigenvalue weighted by molar-refractivity contribution is 5.84. The number of hydrogen-bond donors (Lipinski definition) is 2. The standard InChI is InChI=1S/C11H17NO3/c1-6-11(4,5)12-8(13)7-10(2,3)9(14)15/h1H,7H2,2-5H3,(H,12,13)(H,14,15). The lowest BCUT2D eigenvalue weighted by Crippen LogP contribution is -2.44. The fourth-order valence-corrected chi connectivity index (χ4v) is 0.906. The molecule has 0 aliphatic heterocycles. The molecule has 0 spiro atoms. The Morgan fingerprint density at radius 3 is 2.13 bits per heavy atom. The van der Waals surface area contributed by atoms with Crippen LogP contribution >= 0.6 is 0 Å². The van der Waals surface area contributed by atoms with E-state index in [2.05, 4.69) is 11.2 Å². The van der Waals surface area contributed by atoms with Crippen LogP contribution in [-0.4, -0.2) is 22.5 Å². The molecule has 0 saturated heterocycles. The van der Waals surface area contributed by atoms with Crippen LogP contribution in [0.2, 0.25) is 0 Å². The van der Waals surface area contributed by atoms with Gasteiger partial charge in [0.25, 0.3) is 0 Å². The molecule has 0 aromatic rings. The topological polar surface area (TPSA) is 66.4 Å². The Hall–Kier alpha value is -1.50. The van der Waals surface area contributed by atoms with Gasteiger partial charge < -0.3 is 10.4 Å². The van der Waals surface area contributed by atoms with Crippen LogP contribution in [-0.2, 0) is 9.59 Å². The Labute approximate surface area is 90.1 Å². The fourth-order valence-electron chi connectivity index (χ4n) is 0.906. The molecule has 15 heavy (non-hydrogen) atoms. The van der Waals surface area contributed by atoms with Gasteiger partial charge in [-0.05, 0) is 27.7 Å². The van der Waals surface area contributed by atoms with Crippen molar-refractivity contribution in [3.8, 4) is 12.3 Å². The lowest BCUT2D eigenvalue weighted by molar-refractivity contribution is -0.149. The van der Waals surface area contributed by atoms with Crippen molar-refractivity contribution in [1.82, 2.24) is 5.32 Å². The second-order valence-electron chi connectivity index (χ2n) is 4.68.